The van der Waals surface area contributed by atoms with Crippen LogP contribution in [0.2, 0.25) is 0 Å². The van der Waals surface area contributed by atoms with Crippen LogP contribution in [-0.2, 0) is 12.8 Å². The molecule has 0 aliphatic carbocycles. The van der Waals surface area contributed by atoms with Crippen molar-refractivity contribution < 1.29 is 9.47 Å². The second-order valence-electron chi connectivity index (χ2n) is 9.38. The summed E-state index contributed by atoms with van der Waals surface area (Å²) in [4.78, 5) is 23.1. The molecule has 4 rings (SSSR count). The molecular weight excluding hydrogens is 468 g/mol. The molecule has 2 heterocycles. The van der Waals surface area contributed by atoms with Crippen molar-refractivity contribution in [2.45, 2.75) is 66.4 Å². The van der Waals surface area contributed by atoms with Gasteiger partial charge in [-0.3, -0.25) is 19.8 Å². The molecule has 0 amide bonds. The Labute approximate surface area is 217 Å². The van der Waals surface area contributed by atoms with Gasteiger partial charge in [-0.1, -0.05) is 37.6 Å². The predicted molar refractivity (Wildman–Crippen MR) is 147 cm³/mol. The van der Waals surface area contributed by atoms with Crippen molar-refractivity contribution in [2.75, 3.05) is 6.61 Å². The topological polar surface area (TPSA) is 116 Å². The third-order valence-electron chi connectivity index (χ3n) is 5.93. The van der Waals surface area contributed by atoms with Gasteiger partial charge >= 0.3 is 0 Å². The number of unbranched alkanes of at least 4 members (excludes halogenated alkanes) is 1. The van der Waals surface area contributed by atoms with Crippen LogP contribution >= 0.6 is 0 Å². The molecule has 8 heteroatoms. The monoisotopic (exact) mass is 506 g/mol. The molecule has 0 spiro atoms. The highest BCUT2D eigenvalue weighted by Crippen LogP contribution is 2.17. The molecule has 0 unspecified atom stereocenters. The highest BCUT2D eigenvalue weighted by Gasteiger charge is 2.08. The lowest BCUT2D eigenvalue weighted by molar-refractivity contribution is 0.242. The Morgan fingerprint density at radius 2 is 1.16 bits per heavy atom. The lowest BCUT2D eigenvalue weighted by Crippen LogP contribution is -2.07. The summed E-state index contributed by atoms with van der Waals surface area (Å²) in [5.41, 5.74) is 5.48. The minimum absolute atomic E-state index is 0.0410. The first-order chi connectivity index (χ1) is 17.8. The minimum atomic E-state index is -0.0463. The average Bonchev–Trinajstić information content (AvgIpc) is 3.37. The largest absolute Gasteiger partial charge is 0.494 e. The molecule has 0 atom stereocenters. The van der Waals surface area contributed by atoms with E-state index in [4.69, 9.17) is 9.47 Å². The molecule has 0 fully saturated rings. The molecule has 4 aromatic rings. The highest BCUT2D eigenvalue weighted by atomic mass is 16.5. The summed E-state index contributed by atoms with van der Waals surface area (Å²) in [5.74, 6) is 1.74. The van der Waals surface area contributed by atoms with Crippen LogP contribution in [0.1, 0.15) is 67.3 Å². The van der Waals surface area contributed by atoms with Crippen LogP contribution in [-0.4, -0.2) is 33.1 Å². The molecule has 0 bridgehead atoms. The van der Waals surface area contributed by atoms with Gasteiger partial charge in [0.25, 0.3) is 11.1 Å². The van der Waals surface area contributed by atoms with Gasteiger partial charge in [0.05, 0.1) is 12.7 Å². The fraction of sp³-hybridized carbons (Fsp3) is 0.379. The SMILES string of the molecule is CCCCOc1ccc(Cc2c(C)[nH][nH]c2=O)cc1.Cc1[nH][nH]c(=O)c1Cc1ccc(OC(C)C)cc1. The van der Waals surface area contributed by atoms with Gasteiger partial charge in [0.2, 0.25) is 0 Å². The van der Waals surface area contributed by atoms with Crippen LogP contribution < -0.4 is 20.6 Å². The van der Waals surface area contributed by atoms with Gasteiger partial charge < -0.3 is 19.7 Å². The van der Waals surface area contributed by atoms with E-state index in [-0.39, 0.29) is 17.2 Å². The number of benzene rings is 2. The minimum Gasteiger partial charge on any atom is -0.494 e. The van der Waals surface area contributed by atoms with E-state index in [0.717, 1.165) is 64.6 Å². The van der Waals surface area contributed by atoms with E-state index < -0.39 is 0 Å². The zero-order valence-corrected chi connectivity index (χ0v) is 22.4. The molecule has 198 valence electrons. The summed E-state index contributed by atoms with van der Waals surface area (Å²) >= 11 is 0. The van der Waals surface area contributed by atoms with Crippen LogP contribution in [0.25, 0.3) is 0 Å². The Balaban J connectivity index is 0.000000206. The van der Waals surface area contributed by atoms with Gasteiger partial charge in [0, 0.05) is 35.4 Å². The zero-order chi connectivity index (χ0) is 26.8. The standard InChI is InChI=1S/C15H20N2O2.C14H18N2O2/c1-3-4-9-19-13-7-5-12(6-8-13)10-14-11(2)16-17-15(14)18;1-9(2)18-12-6-4-11(5-7-12)8-13-10(3)15-16-14(13)17/h5-8H,3-4,9-10H2,1-2H3,(H2,16,17,18);4-7,9H,8H2,1-3H3,(H2,15,16,17). The van der Waals surface area contributed by atoms with E-state index in [0.29, 0.717) is 12.8 Å². The fourth-order valence-electron chi connectivity index (χ4n) is 3.77. The number of rotatable bonds is 10. The number of nitrogens with one attached hydrogen (secondary N) is 4. The van der Waals surface area contributed by atoms with Crippen molar-refractivity contribution in [1.82, 2.24) is 20.4 Å². The van der Waals surface area contributed by atoms with Gasteiger partial charge in [-0.05, 0) is 69.5 Å². The van der Waals surface area contributed by atoms with Crippen molar-refractivity contribution in [1.29, 1.82) is 0 Å². The van der Waals surface area contributed by atoms with E-state index in [1.165, 1.54) is 0 Å². The summed E-state index contributed by atoms with van der Waals surface area (Å²) in [7, 11) is 0. The molecular formula is C29H38N4O4. The Hall–Kier alpha value is -3.94. The van der Waals surface area contributed by atoms with E-state index >= 15 is 0 Å². The number of hydrogen-bond donors (Lipinski definition) is 4. The Kier molecular flexibility index (Phi) is 10.0. The lowest BCUT2D eigenvalue weighted by atomic mass is 10.1. The fourth-order valence-corrected chi connectivity index (χ4v) is 3.77. The van der Waals surface area contributed by atoms with Crippen LogP contribution in [0, 0.1) is 13.8 Å². The molecule has 4 N–H and O–H groups in total. The van der Waals surface area contributed by atoms with Gasteiger partial charge in [0.1, 0.15) is 11.5 Å². The van der Waals surface area contributed by atoms with Crippen molar-refractivity contribution in [3.05, 3.63) is 103 Å². The Morgan fingerprint density at radius 3 is 1.54 bits per heavy atom. The summed E-state index contributed by atoms with van der Waals surface area (Å²) in [5, 5.41) is 10.9. The predicted octanol–water partition coefficient (Wildman–Crippen LogP) is 5.17. The van der Waals surface area contributed by atoms with E-state index in [1.807, 2.05) is 76.2 Å². The maximum atomic E-state index is 11.6. The maximum absolute atomic E-state index is 11.6. The van der Waals surface area contributed by atoms with Crippen LogP contribution in [0.4, 0.5) is 0 Å². The molecule has 0 aliphatic rings. The van der Waals surface area contributed by atoms with Gasteiger partial charge in [-0.15, -0.1) is 0 Å². The van der Waals surface area contributed by atoms with E-state index in [9.17, 15) is 9.59 Å². The summed E-state index contributed by atoms with van der Waals surface area (Å²) in [6, 6.07) is 15.8. The number of aromatic nitrogens is 4. The molecule has 2 aromatic heterocycles. The first-order valence-corrected chi connectivity index (χ1v) is 12.8. The second-order valence-corrected chi connectivity index (χ2v) is 9.38. The number of H-pyrrole nitrogens is 4. The van der Waals surface area contributed by atoms with Crippen LogP contribution in [0.15, 0.2) is 58.1 Å². The van der Waals surface area contributed by atoms with Crippen molar-refractivity contribution in [2.24, 2.45) is 0 Å². The third-order valence-corrected chi connectivity index (χ3v) is 5.93. The molecule has 0 aliphatic heterocycles. The van der Waals surface area contributed by atoms with Gasteiger partial charge in [-0.25, -0.2) is 0 Å². The normalized spacial score (nSPS) is 10.8. The van der Waals surface area contributed by atoms with Gasteiger partial charge in [-0.2, -0.15) is 0 Å². The summed E-state index contributed by atoms with van der Waals surface area (Å²) < 4.78 is 11.2. The first-order valence-electron chi connectivity index (χ1n) is 12.8. The maximum Gasteiger partial charge on any atom is 0.267 e. The quantitative estimate of drug-likeness (QED) is 0.222. The van der Waals surface area contributed by atoms with Crippen LogP contribution in [0.5, 0.6) is 11.5 Å². The molecule has 8 nitrogen and oxygen atoms in total. The number of aromatic amines is 4. The van der Waals surface area contributed by atoms with E-state index in [2.05, 4.69) is 27.3 Å². The smallest absolute Gasteiger partial charge is 0.267 e. The Bertz CT molecular complexity index is 1340. The number of ether oxygens (including phenoxy) is 2. The lowest BCUT2D eigenvalue weighted by Gasteiger charge is -2.09. The Morgan fingerprint density at radius 1 is 0.703 bits per heavy atom. The summed E-state index contributed by atoms with van der Waals surface area (Å²) in [6.45, 7) is 10.7. The van der Waals surface area contributed by atoms with E-state index in [1.54, 1.807) is 0 Å². The highest BCUT2D eigenvalue weighted by molar-refractivity contribution is 5.33. The third kappa shape index (κ3) is 8.31. The van der Waals surface area contributed by atoms with Crippen LogP contribution in [0.3, 0.4) is 0 Å². The molecule has 0 saturated carbocycles. The molecule has 2 aromatic carbocycles. The number of hydrogen-bond acceptors (Lipinski definition) is 4. The van der Waals surface area contributed by atoms with Crippen molar-refractivity contribution in [3.63, 3.8) is 0 Å². The first kappa shape index (κ1) is 27.6. The van der Waals surface area contributed by atoms with Gasteiger partial charge in [0.15, 0.2) is 0 Å². The summed E-state index contributed by atoms with van der Waals surface area (Å²) in [6.07, 6.45) is 3.64. The zero-order valence-electron chi connectivity index (χ0n) is 22.4. The molecule has 0 radical (unpaired) electrons. The molecule has 0 saturated heterocycles. The molecule has 37 heavy (non-hydrogen) atoms. The number of aryl methyl sites for hydroxylation is 2. The average molecular weight is 507 g/mol. The second kappa shape index (κ2) is 13.4. The van der Waals surface area contributed by atoms with Crippen molar-refractivity contribution in [3.8, 4) is 11.5 Å². The van der Waals surface area contributed by atoms with Crippen molar-refractivity contribution >= 4 is 0 Å².